The van der Waals surface area contributed by atoms with Gasteiger partial charge in [0.25, 0.3) is 0 Å². The third-order valence-electron chi connectivity index (χ3n) is 6.25. The summed E-state index contributed by atoms with van der Waals surface area (Å²) >= 11 is 0. The monoisotopic (exact) mass is 490 g/mol. The molecule has 0 amide bonds. The average molecular weight is 490 g/mol. The van der Waals surface area contributed by atoms with Crippen LogP contribution < -0.4 is 14.4 Å². The van der Waals surface area contributed by atoms with Crippen molar-refractivity contribution in [3.8, 4) is 11.5 Å². The van der Waals surface area contributed by atoms with E-state index < -0.39 is 23.5 Å². The molecule has 3 atom stereocenters. The molecule has 2 heterocycles. The van der Waals surface area contributed by atoms with Gasteiger partial charge < -0.3 is 19.1 Å². The van der Waals surface area contributed by atoms with Gasteiger partial charge in [0.15, 0.2) is 18.3 Å². The molecule has 5 nitrogen and oxygen atoms in total. The minimum absolute atomic E-state index is 0.0363. The van der Waals surface area contributed by atoms with Gasteiger partial charge in [0, 0.05) is 38.2 Å². The highest BCUT2D eigenvalue weighted by Crippen LogP contribution is 2.42. The van der Waals surface area contributed by atoms with Gasteiger partial charge in [-0.1, -0.05) is 6.42 Å². The lowest BCUT2D eigenvalue weighted by Crippen LogP contribution is -2.54. The van der Waals surface area contributed by atoms with Gasteiger partial charge in [-0.3, -0.25) is 0 Å². The average Bonchev–Trinajstić information content (AvgIpc) is 2.77. The highest BCUT2D eigenvalue weighted by Gasteiger charge is 2.42. The summed E-state index contributed by atoms with van der Waals surface area (Å²) in [6, 6.07) is 5.49. The van der Waals surface area contributed by atoms with Crippen LogP contribution in [0.4, 0.5) is 32.2 Å². The number of alkyl halides is 6. The molecule has 1 aromatic carbocycles. The van der Waals surface area contributed by atoms with Crippen LogP contribution in [0, 0.1) is 11.8 Å². The number of piperidine rings is 1. The maximum absolute atomic E-state index is 13.2. The lowest BCUT2D eigenvalue weighted by Gasteiger charge is -2.47. The first-order valence-corrected chi connectivity index (χ1v) is 10.8. The van der Waals surface area contributed by atoms with Crippen LogP contribution in [0.25, 0.3) is 0 Å². The second-order valence-electron chi connectivity index (χ2n) is 8.55. The third kappa shape index (κ3) is 5.34. The third-order valence-corrected chi connectivity index (χ3v) is 6.25. The fourth-order valence-electron chi connectivity index (χ4n) is 4.67. The van der Waals surface area contributed by atoms with Crippen LogP contribution in [0.3, 0.4) is 0 Å². The fraction of sp³-hybridized carbons (Fsp3) is 0.522. The molecule has 1 saturated heterocycles. The van der Waals surface area contributed by atoms with Crippen LogP contribution in [0.15, 0.2) is 36.5 Å². The summed E-state index contributed by atoms with van der Waals surface area (Å²) in [5, 5.41) is 0. The number of halogens is 6. The van der Waals surface area contributed by atoms with Crippen LogP contribution in [0.2, 0.25) is 0 Å². The molecule has 2 unspecified atom stereocenters. The number of benzene rings is 1. The van der Waals surface area contributed by atoms with Gasteiger partial charge in [-0.05, 0) is 43.2 Å². The number of fused-ring (bicyclic) bond motifs is 2. The second-order valence-corrected chi connectivity index (χ2v) is 8.55. The molecule has 1 saturated carbocycles. The summed E-state index contributed by atoms with van der Waals surface area (Å²) < 4.78 is 94.5. The van der Waals surface area contributed by atoms with Crippen molar-refractivity contribution in [2.75, 3.05) is 31.9 Å². The SMILES string of the molecule is COCOc1cc(C(F)(F)F)ccc1OC1C2CCC[C@H]1CN(c1ccc(C(F)(F)F)cn1)C2. The van der Waals surface area contributed by atoms with Crippen molar-refractivity contribution in [2.45, 2.75) is 37.7 Å². The molecule has 2 aromatic rings. The Hall–Kier alpha value is -2.69. The standard InChI is InChI=1S/C23H24F6N2O3/c1-32-13-33-19-9-16(22(24,25)26)5-7-18(19)34-21-14-3-2-4-15(21)12-31(11-14)20-8-6-17(10-30-20)23(27,28)29/h5-10,14-15,21H,2-4,11-13H2,1H3/t14-,15?,21?/m0/s1. The quantitative estimate of drug-likeness (QED) is 0.379. The molecule has 2 fully saturated rings. The molecule has 1 aliphatic carbocycles. The summed E-state index contributed by atoms with van der Waals surface area (Å²) in [5.74, 6) is 0.681. The van der Waals surface area contributed by atoms with E-state index in [1.807, 2.05) is 4.90 Å². The van der Waals surface area contributed by atoms with Gasteiger partial charge in [0.05, 0.1) is 11.1 Å². The van der Waals surface area contributed by atoms with Gasteiger partial charge in [0.1, 0.15) is 11.9 Å². The Morgan fingerprint density at radius 1 is 0.912 bits per heavy atom. The van der Waals surface area contributed by atoms with E-state index in [-0.39, 0.29) is 36.2 Å². The van der Waals surface area contributed by atoms with Crippen molar-refractivity contribution in [2.24, 2.45) is 11.8 Å². The van der Waals surface area contributed by atoms with E-state index in [2.05, 4.69) is 4.98 Å². The molecule has 2 aliphatic rings. The zero-order valence-corrected chi connectivity index (χ0v) is 18.3. The number of anilines is 1. The first kappa shape index (κ1) is 24.4. The summed E-state index contributed by atoms with van der Waals surface area (Å²) in [6.07, 6.45) is -5.78. The molecule has 11 heteroatoms. The molecule has 186 valence electrons. The number of hydrogen-bond donors (Lipinski definition) is 0. The van der Waals surface area contributed by atoms with Gasteiger partial charge in [-0.15, -0.1) is 0 Å². The molecule has 2 bridgehead atoms. The molecule has 1 aromatic heterocycles. The number of nitrogens with zero attached hydrogens (tertiary/aromatic N) is 2. The van der Waals surface area contributed by atoms with Crippen molar-refractivity contribution >= 4 is 5.82 Å². The zero-order chi connectivity index (χ0) is 24.5. The molecule has 0 N–H and O–H groups in total. The van der Waals surface area contributed by atoms with Crippen molar-refractivity contribution in [1.82, 2.24) is 4.98 Å². The van der Waals surface area contributed by atoms with Crippen molar-refractivity contribution in [3.63, 3.8) is 0 Å². The minimum Gasteiger partial charge on any atom is -0.486 e. The highest BCUT2D eigenvalue weighted by atomic mass is 19.4. The number of ether oxygens (including phenoxy) is 3. The van der Waals surface area contributed by atoms with Crippen molar-refractivity contribution < 1.29 is 40.6 Å². The minimum atomic E-state index is -4.53. The Morgan fingerprint density at radius 2 is 1.56 bits per heavy atom. The van der Waals surface area contributed by atoms with E-state index in [1.54, 1.807) is 0 Å². The summed E-state index contributed by atoms with van der Waals surface area (Å²) in [6.45, 7) is 0.811. The highest BCUT2D eigenvalue weighted by molar-refractivity contribution is 5.45. The molecular formula is C23H24F6N2O3. The maximum Gasteiger partial charge on any atom is 0.417 e. The lowest BCUT2D eigenvalue weighted by molar-refractivity contribution is -0.138. The Balaban J connectivity index is 1.52. The van der Waals surface area contributed by atoms with E-state index in [0.29, 0.717) is 18.9 Å². The van der Waals surface area contributed by atoms with E-state index in [0.717, 1.165) is 43.7 Å². The molecule has 4 rings (SSSR count). The molecule has 0 radical (unpaired) electrons. The predicted molar refractivity (Wildman–Crippen MR) is 111 cm³/mol. The van der Waals surface area contributed by atoms with Gasteiger partial charge in [0.2, 0.25) is 0 Å². The van der Waals surface area contributed by atoms with E-state index >= 15 is 0 Å². The van der Waals surface area contributed by atoms with E-state index in [9.17, 15) is 26.3 Å². The van der Waals surface area contributed by atoms with Crippen LogP contribution in [0.1, 0.15) is 30.4 Å². The molecule has 1 aliphatic heterocycles. The van der Waals surface area contributed by atoms with E-state index in [1.165, 1.54) is 19.2 Å². The second kappa shape index (κ2) is 9.52. The van der Waals surface area contributed by atoms with Gasteiger partial charge in [-0.2, -0.15) is 26.3 Å². The van der Waals surface area contributed by atoms with Crippen LogP contribution >= 0.6 is 0 Å². The number of pyridine rings is 1. The van der Waals surface area contributed by atoms with Gasteiger partial charge in [-0.25, -0.2) is 4.98 Å². The Morgan fingerprint density at radius 3 is 2.12 bits per heavy atom. The van der Waals surface area contributed by atoms with Crippen LogP contribution in [0.5, 0.6) is 11.5 Å². The number of aromatic nitrogens is 1. The van der Waals surface area contributed by atoms with Crippen molar-refractivity contribution in [3.05, 3.63) is 47.7 Å². The lowest BCUT2D eigenvalue weighted by atomic mass is 9.75. The first-order chi connectivity index (χ1) is 16.1. The maximum atomic E-state index is 13.2. The number of hydrogen-bond acceptors (Lipinski definition) is 5. The fourth-order valence-corrected chi connectivity index (χ4v) is 4.67. The van der Waals surface area contributed by atoms with Crippen LogP contribution in [-0.4, -0.2) is 38.1 Å². The normalized spacial score (nSPS) is 23.0. The largest absolute Gasteiger partial charge is 0.486 e. The molecular weight excluding hydrogens is 466 g/mol. The summed E-state index contributed by atoms with van der Waals surface area (Å²) in [5.41, 5.74) is -1.66. The topological polar surface area (TPSA) is 43.8 Å². The number of rotatable bonds is 6. The smallest absolute Gasteiger partial charge is 0.417 e. The Kier molecular flexibility index (Phi) is 6.84. The molecule has 0 spiro atoms. The zero-order valence-electron chi connectivity index (χ0n) is 18.3. The van der Waals surface area contributed by atoms with Crippen LogP contribution in [-0.2, 0) is 17.1 Å². The number of methoxy groups -OCH3 is 1. The summed E-state index contributed by atoms with van der Waals surface area (Å²) in [7, 11) is 1.36. The predicted octanol–water partition coefficient (Wildman–Crippen LogP) is 5.79. The van der Waals surface area contributed by atoms with E-state index in [4.69, 9.17) is 14.2 Å². The Labute approximate surface area is 192 Å². The van der Waals surface area contributed by atoms with Gasteiger partial charge >= 0.3 is 12.4 Å². The first-order valence-electron chi connectivity index (χ1n) is 10.8. The summed E-state index contributed by atoms with van der Waals surface area (Å²) in [4.78, 5) is 5.96. The Bertz CT molecular complexity index is 966. The van der Waals surface area contributed by atoms with Crippen molar-refractivity contribution in [1.29, 1.82) is 0 Å². The molecule has 34 heavy (non-hydrogen) atoms.